The van der Waals surface area contributed by atoms with Crippen molar-refractivity contribution in [2.24, 2.45) is 0 Å². The molecule has 0 N–H and O–H groups in total. The van der Waals surface area contributed by atoms with E-state index in [1.54, 1.807) is 12.1 Å². The molecule has 8 heteroatoms. The van der Waals surface area contributed by atoms with E-state index in [9.17, 15) is 26.3 Å². The zero-order valence-corrected chi connectivity index (χ0v) is 21.3. The first-order valence-electron chi connectivity index (χ1n) is 10.2. The van der Waals surface area contributed by atoms with E-state index in [0.29, 0.717) is 17.7 Å². The summed E-state index contributed by atoms with van der Waals surface area (Å²) < 4.78 is 78.3. The van der Waals surface area contributed by atoms with Gasteiger partial charge in [-0.3, -0.25) is 0 Å². The summed E-state index contributed by atoms with van der Waals surface area (Å²) in [5.74, 6) is 0. The average Bonchev–Trinajstić information content (AvgIpc) is 2.75. The monoisotopic (exact) mass is 604 g/mol. The van der Waals surface area contributed by atoms with Gasteiger partial charge in [0.25, 0.3) is 0 Å². The fourth-order valence-corrected chi connectivity index (χ4v) is 4.75. The maximum absolute atomic E-state index is 13.1. The molecule has 3 rings (SSSR count). The minimum Gasteiger partial charge on any atom is -0.166 e. The lowest BCUT2D eigenvalue weighted by molar-refractivity contribution is -0.143. The predicted molar refractivity (Wildman–Crippen MR) is 131 cm³/mol. The standard InChI is InChI=1S/C26H20Br2F6/c1-15-9-16(2)11-20(10-15)24(28)23(27)19-7-5-17(6-8-19)3-4-18-12-21(25(29,30)31)14-22(13-18)26(32,33)34/h3-14,23-24H,1-2H3/b4-3+. The van der Waals surface area contributed by atoms with Crippen LogP contribution >= 0.6 is 31.9 Å². The van der Waals surface area contributed by atoms with Crippen LogP contribution in [0.1, 0.15) is 54.2 Å². The molecular weight excluding hydrogens is 586 g/mol. The van der Waals surface area contributed by atoms with Gasteiger partial charge in [0.05, 0.1) is 20.8 Å². The van der Waals surface area contributed by atoms with Crippen LogP contribution in [0.3, 0.4) is 0 Å². The summed E-state index contributed by atoms with van der Waals surface area (Å²) in [5.41, 5.74) is 2.19. The van der Waals surface area contributed by atoms with Crippen molar-refractivity contribution in [3.8, 4) is 0 Å². The van der Waals surface area contributed by atoms with E-state index in [-0.39, 0.29) is 21.3 Å². The lowest BCUT2D eigenvalue weighted by Crippen LogP contribution is -2.11. The summed E-state index contributed by atoms with van der Waals surface area (Å²) in [6.07, 6.45) is -7.02. The zero-order chi connectivity index (χ0) is 25.3. The van der Waals surface area contributed by atoms with Crippen LogP contribution in [0.2, 0.25) is 0 Å². The Kier molecular flexibility index (Phi) is 8.03. The number of alkyl halides is 8. The van der Waals surface area contributed by atoms with E-state index in [1.165, 1.54) is 12.2 Å². The molecule has 0 fully saturated rings. The molecule has 0 aliphatic heterocycles. The number of halogens is 8. The summed E-state index contributed by atoms with van der Waals surface area (Å²) in [7, 11) is 0. The molecule has 0 aromatic heterocycles. The fraction of sp³-hybridized carbons (Fsp3) is 0.231. The molecule has 34 heavy (non-hydrogen) atoms. The molecule has 0 amide bonds. The first kappa shape index (κ1) is 26.5. The van der Waals surface area contributed by atoms with Crippen molar-refractivity contribution in [2.45, 2.75) is 35.9 Å². The Morgan fingerprint density at radius 1 is 0.588 bits per heavy atom. The Morgan fingerprint density at radius 3 is 1.50 bits per heavy atom. The van der Waals surface area contributed by atoms with Crippen molar-refractivity contribution >= 4 is 44.0 Å². The minimum atomic E-state index is -4.88. The average molecular weight is 606 g/mol. The maximum atomic E-state index is 13.1. The van der Waals surface area contributed by atoms with Crippen LogP contribution in [0.4, 0.5) is 26.3 Å². The van der Waals surface area contributed by atoms with Gasteiger partial charge in [0.2, 0.25) is 0 Å². The molecule has 0 saturated carbocycles. The van der Waals surface area contributed by atoms with Gasteiger partial charge in [-0.1, -0.05) is 97.6 Å². The highest BCUT2D eigenvalue weighted by Crippen LogP contribution is 2.43. The van der Waals surface area contributed by atoms with E-state index in [0.717, 1.165) is 22.3 Å². The van der Waals surface area contributed by atoms with Crippen LogP contribution in [0.15, 0.2) is 60.7 Å². The van der Waals surface area contributed by atoms with Crippen molar-refractivity contribution in [3.05, 3.63) is 105 Å². The zero-order valence-electron chi connectivity index (χ0n) is 18.1. The van der Waals surface area contributed by atoms with Gasteiger partial charge in [-0.25, -0.2) is 0 Å². The first-order valence-corrected chi connectivity index (χ1v) is 12.0. The Labute approximate surface area is 211 Å². The van der Waals surface area contributed by atoms with E-state index in [4.69, 9.17) is 0 Å². The molecule has 0 aliphatic carbocycles. The van der Waals surface area contributed by atoms with Crippen molar-refractivity contribution < 1.29 is 26.3 Å². The molecule has 0 bridgehead atoms. The van der Waals surface area contributed by atoms with Gasteiger partial charge in [-0.2, -0.15) is 26.3 Å². The van der Waals surface area contributed by atoms with Crippen molar-refractivity contribution in [1.82, 2.24) is 0 Å². The molecule has 0 aliphatic rings. The molecule has 3 aromatic carbocycles. The van der Waals surface area contributed by atoms with Crippen LogP contribution < -0.4 is 0 Å². The number of aryl methyl sites for hydroxylation is 2. The second kappa shape index (κ2) is 10.3. The quantitative estimate of drug-likeness (QED) is 0.154. The van der Waals surface area contributed by atoms with E-state index >= 15 is 0 Å². The highest BCUT2D eigenvalue weighted by Gasteiger charge is 2.36. The topological polar surface area (TPSA) is 0 Å². The molecule has 2 unspecified atom stereocenters. The van der Waals surface area contributed by atoms with Crippen LogP contribution in [0, 0.1) is 13.8 Å². The van der Waals surface area contributed by atoms with Gasteiger partial charge in [-0.15, -0.1) is 0 Å². The van der Waals surface area contributed by atoms with Gasteiger partial charge < -0.3 is 0 Å². The van der Waals surface area contributed by atoms with E-state index < -0.39 is 23.5 Å². The van der Waals surface area contributed by atoms with Crippen LogP contribution in [-0.2, 0) is 12.4 Å². The van der Waals surface area contributed by atoms with Gasteiger partial charge in [0.1, 0.15) is 0 Å². The largest absolute Gasteiger partial charge is 0.416 e. The normalized spacial score (nSPS) is 14.4. The van der Waals surface area contributed by atoms with Gasteiger partial charge in [-0.05, 0) is 54.3 Å². The molecule has 3 aromatic rings. The van der Waals surface area contributed by atoms with Gasteiger partial charge >= 0.3 is 12.4 Å². The number of rotatable bonds is 5. The van der Waals surface area contributed by atoms with Crippen molar-refractivity contribution in [2.75, 3.05) is 0 Å². The molecule has 0 saturated heterocycles. The first-order chi connectivity index (χ1) is 15.7. The number of hydrogen-bond acceptors (Lipinski definition) is 0. The third-order valence-corrected chi connectivity index (χ3v) is 7.98. The maximum Gasteiger partial charge on any atom is 0.416 e. The third kappa shape index (κ3) is 6.75. The van der Waals surface area contributed by atoms with Crippen molar-refractivity contribution in [3.63, 3.8) is 0 Å². The van der Waals surface area contributed by atoms with Crippen LogP contribution in [0.25, 0.3) is 12.2 Å². The molecular formula is C26H20Br2F6. The lowest BCUT2D eigenvalue weighted by atomic mass is 9.99. The van der Waals surface area contributed by atoms with E-state index in [2.05, 4.69) is 50.1 Å². The summed E-state index contributed by atoms with van der Waals surface area (Å²) in [5, 5.41) is 0. The number of benzene rings is 3. The summed E-state index contributed by atoms with van der Waals surface area (Å²) in [6.45, 7) is 4.06. The predicted octanol–water partition coefficient (Wildman–Crippen LogP) is 10.1. The van der Waals surface area contributed by atoms with Gasteiger partial charge in [0.15, 0.2) is 0 Å². The van der Waals surface area contributed by atoms with Crippen molar-refractivity contribution in [1.29, 1.82) is 0 Å². The second-order valence-corrected chi connectivity index (χ2v) is 10.0. The SMILES string of the molecule is Cc1cc(C)cc(C(Br)C(Br)c2ccc(/C=C/c3cc(C(F)(F)F)cc(C(F)(F)F)c3)cc2)c1. The van der Waals surface area contributed by atoms with Crippen LogP contribution in [0.5, 0.6) is 0 Å². The Bertz CT molecular complexity index is 1120. The number of hydrogen-bond donors (Lipinski definition) is 0. The molecule has 0 radical (unpaired) electrons. The molecule has 2 atom stereocenters. The van der Waals surface area contributed by atoms with Crippen LogP contribution in [-0.4, -0.2) is 0 Å². The highest BCUT2D eigenvalue weighted by molar-refractivity contribution is 9.12. The second-order valence-electron chi connectivity index (χ2n) is 8.06. The molecule has 0 spiro atoms. The summed E-state index contributed by atoms with van der Waals surface area (Å²) >= 11 is 7.45. The lowest BCUT2D eigenvalue weighted by Gasteiger charge is -2.19. The fourth-order valence-electron chi connectivity index (χ4n) is 3.57. The molecule has 180 valence electrons. The Balaban J connectivity index is 1.82. The Morgan fingerprint density at radius 2 is 1.03 bits per heavy atom. The van der Waals surface area contributed by atoms with E-state index in [1.807, 2.05) is 26.0 Å². The molecule has 0 nitrogen and oxygen atoms in total. The summed E-state index contributed by atoms with van der Waals surface area (Å²) in [4.78, 5) is -0.0528. The molecule has 0 heterocycles. The Hall–Kier alpha value is -2.06. The minimum absolute atomic E-state index is 0.00149. The smallest absolute Gasteiger partial charge is 0.166 e. The summed E-state index contributed by atoms with van der Waals surface area (Å²) in [6, 6.07) is 15.1. The third-order valence-electron chi connectivity index (χ3n) is 5.15. The highest BCUT2D eigenvalue weighted by atomic mass is 79.9. The van der Waals surface area contributed by atoms with Gasteiger partial charge in [0, 0.05) is 0 Å².